The Balaban J connectivity index is 1.88. The summed E-state index contributed by atoms with van der Waals surface area (Å²) in [5, 5.41) is 3.42. The zero-order valence-corrected chi connectivity index (χ0v) is 14.1. The van der Waals surface area contributed by atoms with Crippen molar-refractivity contribution in [3.63, 3.8) is 0 Å². The summed E-state index contributed by atoms with van der Waals surface area (Å²) in [4.78, 5) is 1.91. The number of nitrogens with one attached hydrogen (secondary N) is 1. The fourth-order valence-electron chi connectivity index (χ4n) is 2.99. The predicted molar refractivity (Wildman–Crippen MR) is 95.4 cm³/mol. The molecule has 1 atom stereocenters. The number of fused-ring (bicyclic) bond motifs is 1. The lowest BCUT2D eigenvalue weighted by molar-refractivity contribution is 0.571. The Morgan fingerprint density at radius 1 is 0.875 bits per heavy atom. The van der Waals surface area contributed by atoms with Crippen molar-refractivity contribution in [2.45, 2.75) is 6.17 Å². The first-order chi connectivity index (χ1) is 11.6. The molecule has 0 radical (unpaired) electrons. The van der Waals surface area contributed by atoms with Crippen LogP contribution in [0.2, 0.25) is 0 Å². The van der Waals surface area contributed by atoms with Crippen LogP contribution in [-0.2, 0) is 0 Å². The molecule has 0 aromatic heterocycles. The van der Waals surface area contributed by atoms with Crippen molar-refractivity contribution in [2.24, 2.45) is 0 Å². The van der Waals surface area contributed by atoms with Crippen molar-refractivity contribution in [1.29, 1.82) is 0 Å². The van der Waals surface area contributed by atoms with Gasteiger partial charge in [0.25, 0.3) is 0 Å². The van der Waals surface area contributed by atoms with Gasteiger partial charge in [0.2, 0.25) is 0 Å². The van der Waals surface area contributed by atoms with Crippen LogP contribution in [-0.4, -0.2) is 0 Å². The van der Waals surface area contributed by atoms with Gasteiger partial charge in [-0.2, -0.15) is 0 Å². The molecule has 24 heavy (non-hydrogen) atoms. The number of halogens is 3. The van der Waals surface area contributed by atoms with E-state index >= 15 is 0 Å². The van der Waals surface area contributed by atoms with Gasteiger partial charge in [0.15, 0.2) is 0 Å². The number of benzene rings is 3. The first kappa shape index (κ1) is 15.1. The minimum atomic E-state index is -0.624. The molecule has 0 fully saturated rings. The zero-order valence-electron chi connectivity index (χ0n) is 12.5. The van der Waals surface area contributed by atoms with Gasteiger partial charge in [-0.3, -0.25) is 0 Å². The van der Waals surface area contributed by atoms with Gasteiger partial charge >= 0.3 is 0 Å². The average molecular weight is 387 g/mol. The summed E-state index contributed by atoms with van der Waals surface area (Å²) in [6, 6.07) is 20.2. The lowest BCUT2D eigenvalue weighted by Crippen LogP contribution is -2.23. The van der Waals surface area contributed by atoms with Crippen molar-refractivity contribution in [1.82, 2.24) is 0 Å². The predicted octanol–water partition coefficient (Wildman–Crippen LogP) is 5.99. The van der Waals surface area contributed by atoms with E-state index in [-0.39, 0.29) is 10.6 Å². The van der Waals surface area contributed by atoms with Gasteiger partial charge in [0.05, 0.1) is 15.8 Å². The first-order valence-electron chi connectivity index (χ1n) is 7.49. The first-order valence-corrected chi connectivity index (χ1v) is 8.29. The van der Waals surface area contributed by atoms with Crippen LogP contribution >= 0.6 is 15.9 Å². The third-order valence-corrected chi connectivity index (χ3v) is 4.83. The van der Waals surface area contributed by atoms with Crippen LogP contribution in [0, 0.1) is 11.6 Å². The Morgan fingerprint density at radius 3 is 2.21 bits per heavy atom. The molecule has 0 saturated carbocycles. The Kier molecular flexibility index (Phi) is 3.73. The number of hydrogen-bond donors (Lipinski definition) is 1. The van der Waals surface area contributed by atoms with Crippen LogP contribution in [0.5, 0.6) is 0 Å². The van der Waals surface area contributed by atoms with Gasteiger partial charge < -0.3 is 10.2 Å². The van der Waals surface area contributed by atoms with Crippen LogP contribution < -0.4 is 10.2 Å². The fraction of sp³-hybridized carbons (Fsp3) is 0.0526. The maximum atomic E-state index is 14.1. The molecule has 120 valence electrons. The molecule has 2 nitrogen and oxygen atoms in total. The minimum Gasteiger partial charge on any atom is -0.359 e. The highest BCUT2D eigenvalue weighted by molar-refractivity contribution is 9.10. The molecule has 0 spiro atoms. The van der Waals surface area contributed by atoms with Gasteiger partial charge in [-0.25, -0.2) is 8.78 Å². The summed E-state index contributed by atoms with van der Waals surface area (Å²) >= 11 is 2.93. The Morgan fingerprint density at radius 2 is 1.50 bits per heavy atom. The maximum absolute atomic E-state index is 14.1. The molecule has 1 aliphatic rings. The van der Waals surface area contributed by atoms with Gasteiger partial charge in [0, 0.05) is 5.69 Å². The van der Waals surface area contributed by atoms with Crippen LogP contribution in [0.3, 0.4) is 0 Å². The average Bonchev–Trinajstić information content (AvgIpc) is 2.99. The molecule has 1 heterocycles. The Hall–Kier alpha value is -2.40. The molecule has 0 saturated heterocycles. The monoisotopic (exact) mass is 386 g/mol. The van der Waals surface area contributed by atoms with Crippen LogP contribution in [0.1, 0.15) is 11.7 Å². The zero-order chi connectivity index (χ0) is 16.7. The normalized spacial score (nSPS) is 16.0. The summed E-state index contributed by atoms with van der Waals surface area (Å²) in [5.41, 5.74) is 3.28. The van der Waals surface area contributed by atoms with E-state index in [0.29, 0.717) is 5.69 Å². The minimum absolute atomic E-state index is 0.150. The van der Waals surface area contributed by atoms with Crippen LogP contribution in [0.25, 0.3) is 0 Å². The molecular weight excluding hydrogens is 374 g/mol. The molecule has 4 rings (SSSR count). The highest BCUT2D eigenvalue weighted by atomic mass is 79.9. The van der Waals surface area contributed by atoms with Gasteiger partial charge in [0.1, 0.15) is 17.8 Å². The maximum Gasteiger partial charge on any atom is 0.142 e. The third-order valence-electron chi connectivity index (χ3n) is 4.08. The molecular formula is C19H13BrF2N2. The molecule has 3 aromatic carbocycles. The van der Waals surface area contributed by atoms with E-state index in [0.717, 1.165) is 16.9 Å². The second kappa shape index (κ2) is 5.91. The van der Waals surface area contributed by atoms with E-state index in [4.69, 9.17) is 0 Å². The van der Waals surface area contributed by atoms with Crippen LogP contribution in [0.15, 0.2) is 71.2 Å². The van der Waals surface area contributed by atoms with E-state index in [1.54, 1.807) is 0 Å². The number of para-hydroxylation sites is 2. The number of rotatable bonds is 2. The lowest BCUT2D eigenvalue weighted by atomic mass is 10.1. The second-order valence-corrected chi connectivity index (χ2v) is 6.36. The molecule has 0 bridgehead atoms. The number of anilines is 3. The summed E-state index contributed by atoms with van der Waals surface area (Å²) in [6.45, 7) is 0. The van der Waals surface area contributed by atoms with Gasteiger partial charge in [-0.05, 0) is 45.8 Å². The quantitative estimate of drug-likeness (QED) is 0.544. The summed E-state index contributed by atoms with van der Waals surface area (Å²) in [5.74, 6) is -1.25. The molecule has 5 heteroatoms. The van der Waals surface area contributed by atoms with E-state index in [1.807, 2.05) is 59.5 Å². The Labute approximate surface area is 146 Å². The second-order valence-electron chi connectivity index (χ2n) is 5.57. The van der Waals surface area contributed by atoms with Gasteiger partial charge in [-0.1, -0.05) is 42.5 Å². The van der Waals surface area contributed by atoms with Crippen LogP contribution in [0.4, 0.5) is 25.8 Å². The molecule has 0 aliphatic carbocycles. The molecule has 1 aliphatic heterocycles. The van der Waals surface area contributed by atoms with Crippen molar-refractivity contribution in [2.75, 3.05) is 10.2 Å². The SMILES string of the molecule is Fc1cc(N2c3ccccc3NC2c2ccccc2)cc(F)c1Br. The van der Waals surface area contributed by atoms with E-state index in [2.05, 4.69) is 21.2 Å². The van der Waals surface area contributed by atoms with Crippen molar-refractivity contribution >= 4 is 33.0 Å². The molecule has 1 unspecified atom stereocenters. The highest BCUT2D eigenvalue weighted by Gasteiger charge is 2.31. The van der Waals surface area contributed by atoms with Crippen molar-refractivity contribution in [3.8, 4) is 0 Å². The van der Waals surface area contributed by atoms with E-state index < -0.39 is 11.6 Å². The topological polar surface area (TPSA) is 15.3 Å². The summed E-state index contributed by atoms with van der Waals surface area (Å²) in [6.07, 6.45) is -0.233. The number of nitrogens with zero attached hydrogens (tertiary/aromatic N) is 1. The lowest BCUT2D eigenvalue weighted by Gasteiger charge is -2.27. The van der Waals surface area contributed by atoms with Crippen molar-refractivity contribution < 1.29 is 8.78 Å². The van der Waals surface area contributed by atoms with Crippen molar-refractivity contribution in [3.05, 3.63) is 88.4 Å². The third kappa shape index (κ3) is 2.45. The Bertz CT molecular complexity index is 876. The standard InChI is InChI=1S/C19H13BrF2N2/c20-18-14(21)10-13(11-15(18)22)24-17-9-5-4-8-16(17)23-19(24)12-6-2-1-3-7-12/h1-11,19,23H. The summed E-state index contributed by atoms with van der Waals surface area (Å²) in [7, 11) is 0. The highest BCUT2D eigenvalue weighted by Crippen LogP contribution is 2.46. The van der Waals surface area contributed by atoms with E-state index in [1.165, 1.54) is 12.1 Å². The summed E-state index contributed by atoms with van der Waals surface area (Å²) < 4.78 is 28.0. The van der Waals surface area contributed by atoms with Gasteiger partial charge in [-0.15, -0.1) is 0 Å². The smallest absolute Gasteiger partial charge is 0.142 e. The molecule has 0 amide bonds. The number of hydrogen-bond acceptors (Lipinski definition) is 2. The largest absolute Gasteiger partial charge is 0.359 e. The molecule has 1 N–H and O–H groups in total. The molecule has 3 aromatic rings. The van der Waals surface area contributed by atoms with E-state index in [9.17, 15) is 8.78 Å². The fourth-order valence-corrected chi connectivity index (χ4v) is 3.22.